The van der Waals surface area contributed by atoms with Crippen LogP contribution in [0.5, 0.6) is 0 Å². The highest BCUT2D eigenvalue weighted by Gasteiger charge is 2.10. The maximum absolute atomic E-state index is 5.39. The Morgan fingerprint density at radius 1 is 0.958 bits per heavy atom. The molecule has 5 heteroatoms. The van der Waals surface area contributed by atoms with Crippen molar-refractivity contribution in [2.75, 3.05) is 31.6 Å². The average Bonchev–Trinajstić information content (AvgIpc) is 2.63. The molecule has 126 valence electrons. The zero-order chi connectivity index (χ0) is 16.6. The molecule has 4 nitrogen and oxygen atoms in total. The molecule has 0 saturated carbocycles. The van der Waals surface area contributed by atoms with Crippen molar-refractivity contribution < 1.29 is 4.74 Å². The van der Waals surface area contributed by atoms with E-state index in [0.29, 0.717) is 5.11 Å². The lowest BCUT2D eigenvalue weighted by Gasteiger charge is -2.26. The normalized spacial score (nSPS) is 15.0. The maximum Gasteiger partial charge on any atom is 0.171 e. The van der Waals surface area contributed by atoms with Gasteiger partial charge in [0.1, 0.15) is 0 Å². The number of ether oxygens (including phenoxy) is 1. The van der Waals surface area contributed by atoms with Crippen molar-refractivity contribution in [3.05, 3.63) is 65.7 Å². The third-order valence-electron chi connectivity index (χ3n) is 4.02. The summed E-state index contributed by atoms with van der Waals surface area (Å²) in [7, 11) is 0. The van der Waals surface area contributed by atoms with Crippen molar-refractivity contribution in [1.29, 1.82) is 0 Å². The third-order valence-corrected chi connectivity index (χ3v) is 4.26. The Labute approximate surface area is 148 Å². The molecule has 0 aromatic heterocycles. The van der Waals surface area contributed by atoms with Crippen molar-refractivity contribution in [3.63, 3.8) is 0 Å². The van der Waals surface area contributed by atoms with Crippen LogP contribution >= 0.6 is 12.2 Å². The van der Waals surface area contributed by atoms with E-state index in [4.69, 9.17) is 17.0 Å². The third kappa shape index (κ3) is 5.30. The van der Waals surface area contributed by atoms with Gasteiger partial charge in [0.05, 0.1) is 13.2 Å². The van der Waals surface area contributed by atoms with Gasteiger partial charge in [-0.15, -0.1) is 0 Å². The highest BCUT2D eigenvalue weighted by Crippen LogP contribution is 2.09. The minimum atomic E-state index is 0.638. The summed E-state index contributed by atoms with van der Waals surface area (Å²) in [5.41, 5.74) is 3.56. The molecule has 0 bridgehead atoms. The van der Waals surface area contributed by atoms with Gasteiger partial charge in [0.15, 0.2) is 5.11 Å². The Morgan fingerprint density at radius 3 is 2.33 bits per heavy atom. The van der Waals surface area contributed by atoms with Crippen molar-refractivity contribution in [2.45, 2.75) is 13.1 Å². The first-order chi connectivity index (χ1) is 11.8. The van der Waals surface area contributed by atoms with Crippen molar-refractivity contribution >= 4 is 23.0 Å². The molecule has 3 rings (SSSR count). The number of morpholine rings is 1. The smallest absolute Gasteiger partial charge is 0.171 e. The zero-order valence-electron chi connectivity index (χ0n) is 13.7. The summed E-state index contributed by atoms with van der Waals surface area (Å²) in [6.45, 7) is 5.43. The van der Waals surface area contributed by atoms with E-state index in [-0.39, 0.29) is 0 Å². The quantitative estimate of drug-likeness (QED) is 0.818. The van der Waals surface area contributed by atoms with E-state index >= 15 is 0 Å². The molecule has 0 spiro atoms. The molecule has 1 aliphatic rings. The first-order valence-corrected chi connectivity index (χ1v) is 8.68. The van der Waals surface area contributed by atoms with Crippen LogP contribution in [0.2, 0.25) is 0 Å². The van der Waals surface area contributed by atoms with Crippen molar-refractivity contribution in [2.24, 2.45) is 0 Å². The molecular formula is C19H23N3OS. The first-order valence-electron chi connectivity index (χ1n) is 8.27. The fraction of sp³-hybridized carbons (Fsp3) is 0.316. The summed E-state index contributed by atoms with van der Waals surface area (Å²) in [6.07, 6.45) is 0. The predicted octanol–water partition coefficient (Wildman–Crippen LogP) is 3.01. The van der Waals surface area contributed by atoms with E-state index in [0.717, 1.165) is 45.1 Å². The summed E-state index contributed by atoms with van der Waals surface area (Å²) in [5.74, 6) is 0. The lowest BCUT2D eigenvalue weighted by molar-refractivity contribution is 0.0342. The van der Waals surface area contributed by atoms with E-state index in [9.17, 15) is 0 Å². The molecule has 2 aromatic rings. The van der Waals surface area contributed by atoms with Gasteiger partial charge in [-0.3, -0.25) is 4.90 Å². The number of nitrogens with one attached hydrogen (secondary N) is 2. The molecule has 24 heavy (non-hydrogen) atoms. The number of hydrogen-bond acceptors (Lipinski definition) is 3. The average molecular weight is 341 g/mol. The van der Waals surface area contributed by atoms with Crippen molar-refractivity contribution in [3.8, 4) is 0 Å². The van der Waals surface area contributed by atoms with E-state index < -0.39 is 0 Å². The van der Waals surface area contributed by atoms with Crippen LogP contribution in [0.4, 0.5) is 5.69 Å². The Hall–Kier alpha value is -1.95. The van der Waals surface area contributed by atoms with Gasteiger partial charge in [-0.1, -0.05) is 42.5 Å². The molecule has 0 aliphatic carbocycles. The largest absolute Gasteiger partial charge is 0.379 e. The number of hydrogen-bond donors (Lipinski definition) is 2. The van der Waals surface area contributed by atoms with Crippen LogP contribution in [0.25, 0.3) is 0 Å². The van der Waals surface area contributed by atoms with Crippen LogP contribution in [0.3, 0.4) is 0 Å². The lowest BCUT2D eigenvalue weighted by Crippen LogP contribution is -2.35. The second kappa shape index (κ2) is 8.78. The van der Waals surface area contributed by atoms with Gasteiger partial charge in [0, 0.05) is 31.9 Å². The Kier molecular flexibility index (Phi) is 6.18. The van der Waals surface area contributed by atoms with Gasteiger partial charge < -0.3 is 15.4 Å². The summed E-state index contributed by atoms with van der Waals surface area (Å²) in [4.78, 5) is 2.43. The fourth-order valence-corrected chi connectivity index (χ4v) is 2.85. The fourth-order valence-electron chi connectivity index (χ4n) is 2.66. The standard InChI is InChI=1S/C19H23N3OS/c24-19(21-18-4-2-1-3-5-18)20-14-16-6-8-17(9-7-16)15-22-10-12-23-13-11-22/h1-9H,10-15H2,(H2,20,21,24). The van der Waals surface area contributed by atoms with Gasteiger partial charge in [-0.05, 0) is 35.5 Å². The molecule has 1 saturated heterocycles. The summed E-state index contributed by atoms with van der Waals surface area (Å²) < 4.78 is 5.39. The Bertz CT molecular complexity index is 639. The SMILES string of the molecule is S=C(NCc1ccc(CN2CCOCC2)cc1)Nc1ccccc1. The maximum atomic E-state index is 5.39. The van der Waals surface area contributed by atoms with Gasteiger partial charge in [-0.25, -0.2) is 0 Å². The highest BCUT2D eigenvalue weighted by atomic mass is 32.1. The number of benzene rings is 2. The van der Waals surface area contributed by atoms with Crippen LogP contribution in [-0.2, 0) is 17.8 Å². The van der Waals surface area contributed by atoms with Crippen LogP contribution in [0.15, 0.2) is 54.6 Å². The topological polar surface area (TPSA) is 36.5 Å². The van der Waals surface area contributed by atoms with Gasteiger partial charge in [0.2, 0.25) is 0 Å². The zero-order valence-corrected chi connectivity index (χ0v) is 14.5. The molecule has 1 heterocycles. The number of nitrogens with zero attached hydrogens (tertiary/aromatic N) is 1. The molecule has 0 atom stereocenters. The number of anilines is 1. The highest BCUT2D eigenvalue weighted by molar-refractivity contribution is 7.80. The number of thiocarbonyl (C=S) groups is 1. The summed E-state index contributed by atoms with van der Waals surface area (Å²) in [6, 6.07) is 18.7. The first kappa shape index (κ1) is 16.9. The minimum absolute atomic E-state index is 0.638. The minimum Gasteiger partial charge on any atom is -0.379 e. The Balaban J connectivity index is 1.44. The van der Waals surface area contributed by atoms with E-state index in [1.54, 1.807) is 0 Å². The number of para-hydroxylation sites is 1. The molecule has 2 N–H and O–H groups in total. The molecule has 1 fully saturated rings. The predicted molar refractivity (Wildman–Crippen MR) is 102 cm³/mol. The summed E-state index contributed by atoms with van der Waals surface area (Å²) in [5, 5.41) is 7.06. The molecule has 0 radical (unpaired) electrons. The molecule has 0 unspecified atom stereocenters. The molecule has 2 aromatic carbocycles. The second-order valence-corrected chi connectivity index (χ2v) is 6.29. The molecule has 1 aliphatic heterocycles. The second-order valence-electron chi connectivity index (χ2n) is 5.88. The summed E-state index contributed by atoms with van der Waals surface area (Å²) >= 11 is 5.33. The van der Waals surface area contributed by atoms with E-state index in [1.165, 1.54) is 11.1 Å². The monoisotopic (exact) mass is 341 g/mol. The number of rotatable bonds is 5. The van der Waals surface area contributed by atoms with Crippen LogP contribution in [-0.4, -0.2) is 36.3 Å². The van der Waals surface area contributed by atoms with Crippen LogP contribution in [0, 0.1) is 0 Å². The van der Waals surface area contributed by atoms with Crippen molar-refractivity contribution in [1.82, 2.24) is 10.2 Å². The van der Waals surface area contributed by atoms with Gasteiger partial charge >= 0.3 is 0 Å². The van der Waals surface area contributed by atoms with Crippen LogP contribution in [0.1, 0.15) is 11.1 Å². The Morgan fingerprint density at radius 2 is 1.62 bits per heavy atom. The molecular weight excluding hydrogens is 318 g/mol. The molecule has 0 amide bonds. The van der Waals surface area contributed by atoms with Gasteiger partial charge in [-0.2, -0.15) is 0 Å². The van der Waals surface area contributed by atoms with Crippen LogP contribution < -0.4 is 10.6 Å². The van der Waals surface area contributed by atoms with E-state index in [2.05, 4.69) is 39.8 Å². The lowest BCUT2D eigenvalue weighted by atomic mass is 10.1. The van der Waals surface area contributed by atoms with E-state index in [1.807, 2.05) is 30.3 Å². The van der Waals surface area contributed by atoms with Gasteiger partial charge in [0.25, 0.3) is 0 Å².